The van der Waals surface area contributed by atoms with Crippen molar-refractivity contribution < 1.29 is 0 Å². The van der Waals surface area contributed by atoms with E-state index in [1.807, 2.05) is 0 Å². The molecule has 0 aliphatic heterocycles. The molecule has 0 saturated heterocycles. The molecule has 1 aliphatic carbocycles. The second-order valence-corrected chi connectivity index (χ2v) is 2.06. The lowest BCUT2D eigenvalue weighted by Crippen LogP contribution is -2.07. The Morgan fingerprint density at radius 1 is 1.50 bits per heavy atom. The average Bonchev–Trinajstić information content (AvgIpc) is 1.72. The van der Waals surface area contributed by atoms with Crippen molar-refractivity contribution in [2.75, 3.05) is 0 Å². The molecule has 0 N–H and O–H groups in total. The summed E-state index contributed by atoms with van der Waals surface area (Å²) in [7, 11) is 0. The van der Waals surface area contributed by atoms with E-state index in [4.69, 9.17) is 0 Å². The highest BCUT2D eigenvalue weighted by atomic mass is 14.6. The molecular formula is C7H6N. The van der Waals surface area contributed by atoms with Crippen molar-refractivity contribution in [3.05, 3.63) is 29.6 Å². The van der Waals surface area contributed by atoms with Crippen LogP contribution in [0, 0.1) is 6.20 Å². The molecule has 0 amide bonds. The van der Waals surface area contributed by atoms with Crippen LogP contribution in [-0.4, -0.2) is 4.98 Å². The molecule has 1 aromatic heterocycles. The Kier molecular flexibility index (Phi) is 0.668. The fourth-order valence-electron chi connectivity index (χ4n) is 0.948. The lowest BCUT2D eigenvalue weighted by atomic mass is 9.91. The predicted molar refractivity (Wildman–Crippen MR) is 30.5 cm³/mol. The van der Waals surface area contributed by atoms with Gasteiger partial charge in [0.25, 0.3) is 0 Å². The van der Waals surface area contributed by atoms with Crippen molar-refractivity contribution in [3.63, 3.8) is 0 Å². The molecule has 1 nitrogen and oxygen atoms in total. The SMILES string of the molecule is [c]1nccc2c1CC2. The molecule has 0 unspecified atom stereocenters. The molecule has 8 heavy (non-hydrogen) atoms. The van der Waals surface area contributed by atoms with E-state index in [1.54, 1.807) is 6.20 Å². The Balaban J connectivity index is 2.62. The van der Waals surface area contributed by atoms with Crippen molar-refractivity contribution in [2.24, 2.45) is 0 Å². The van der Waals surface area contributed by atoms with Crippen LogP contribution in [0.5, 0.6) is 0 Å². The minimum absolute atomic E-state index is 1.18. The second-order valence-electron chi connectivity index (χ2n) is 2.06. The van der Waals surface area contributed by atoms with Gasteiger partial charge in [0, 0.05) is 6.20 Å². The number of nitrogens with zero attached hydrogens (tertiary/aromatic N) is 1. The molecule has 1 aromatic rings. The van der Waals surface area contributed by atoms with Gasteiger partial charge in [0.1, 0.15) is 0 Å². The summed E-state index contributed by atoms with van der Waals surface area (Å²) in [5, 5.41) is 0. The van der Waals surface area contributed by atoms with E-state index in [9.17, 15) is 0 Å². The molecule has 0 spiro atoms. The van der Waals surface area contributed by atoms with E-state index >= 15 is 0 Å². The largest absolute Gasteiger partial charge is 0.254 e. The Labute approximate surface area is 48.4 Å². The summed E-state index contributed by atoms with van der Waals surface area (Å²) in [6.45, 7) is 0. The molecule has 0 saturated carbocycles. The van der Waals surface area contributed by atoms with Crippen molar-refractivity contribution >= 4 is 0 Å². The zero-order valence-corrected chi connectivity index (χ0v) is 4.52. The van der Waals surface area contributed by atoms with Crippen molar-refractivity contribution in [1.29, 1.82) is 0 Å². The molecule has 39 valence electrons. The molecule has 1 radical (unpaired) electrons. The van der Waals surface area contributed by atoms with Crippen LogP contribution in [0.15, 0.2) is 12.3 Å². The summed E-state index contributed by atoms with van der Waals surface area (Å²) >= 11 is 0. The van der Waals surface area contributed by atoms with Gasteiger partial charge in [-0.3, -0.25) is 4.98 Å². The van der Waals surface area contributed by atoms with E-state index in [2.05, 4.69) is 17.2 Å². The number of rotatable bonds is 0. The van der Waals surface area contributed by atoms with E-state index < -0.39 is 0 Å². The smallest absolute Gasteiger partial charge is 0.0923 e. The van der Waals surface area contributed by atoms with Crippen LogP contribution in [0.2, 0.25) is 0 Å². The van der Waals surface area contributed by atoms with Gasteiger partial charge in [-0.15, -0.1) is 0 Å². The van der Waals surface area contributed by atoms with Gasteiger partial charge in [-0.25, -0.2) is 0 Å². The van der Waals surface area contributed by atoms with Crippen LogP contribution in [0.25, 0.3) is 0 Å². The van der Waals surface area contributed by atoms with Gasteiger partial charge < -0.3 is 0 Å². The minimum Gasteiger partial charge on any atom is -0.254 e. The van der Waals surface area contributed by atoms with Crippen molar-refractivity contribution in [2.45, 2.75) is 12.8 Å². The maximum atomic E-state index is 3.87. The van der Waals surface area contributed by atoms with Crippen LogP contribution in [0.1, 0.15) is 11.1 Å². The van der Waals surface area contributed by atoms with Gasteiger partial charge in [0.15, 0.2) is 0 Å². The van der Waals surface area contributed by atoms with Gasteiger partial charge >= 0.3 is 0 Å². The highest BCUT2D eigenvalue weighted by Gasteiger charge is 2.10. The summed E-state index contributed by atoms with van der Waals surface area (Å²) in [6.07, 6.45) is 7.15. The quantitative estimate of drug-likeness (QED) is 0.478. The third kappa shape index (κ3) is 0.386. The standard InChI is InChI=1S/C7H6N/c1-2-7-5-8-4-3-6(1)7/h3-4H,1-2H2. The summed E-state index contributed by atoms with van der Waals surface area (Å²) < 4.78 is 0. The maximum Gasteiger partial charge on any atom is 0.0923 e. The normalized spacial score (nSPS) is 14.5. The van der Waals surface area contributed by atoms with E-state index in [0.717, 1.165) is 0 Å². The predicted octanol–water partition coefficient (Wildman–Crippen LogP) is 0.980. The third-order valence-electron chi connectivity index (χ3n) is 1.58. The van der Waals surface area contributed by atoms with Crippen molar-refractivity contribution in [3.8, 4) is 0 Å². The molecule has 0 atom stereocenters. The lowest BCUT2D eigenvalue weighted by molar-refractivity contribution is 0.823. The fraction of sp³-hybridized carbons (Fsp3) is 0.286. The number of aromatic nitrogens is 1. The fourth-order valence-corrected chi connectivity index (χ4v) is 0.948. The molecule has 0 aromatic carbocycles. The van der Waals surface area contributed by atoms with E-state index in [0.29, 0.717) is 0 Å². The first-order chi connectivity index (χ1) is 3.97. The highest BCUT2D eigenvalue weighted by Crippen LogP contribution is 2.19. The molecule has 1 aliphatic rings. The molecule has 0 fully saturated rings. The monoisotopic (exact) mass is 104 g/mol. The third-order valence-corrected chi connectivity index (χ3v) is 1.58. The van der Waals surface area contributed by atoms with E-state index in [-0.39, 0.29) is 0 Å². The van der Waals surface area contributed by atoms with Crippen LogP contribution in [0.3, 0.4) is 0 Å². The van der Waals surface area contributed by atoms with Gasteiger partial charge in [0.05, 0.1) is 6.20 Å². The number of pyridine rings is 1. The van der Waals surface area contributed by atoms with E-state index in [1.165, 1.54) is 24.0 Å². The molecular weight excluding hydrogens is 98.1 g/mol. The average molecular weight is 104 g/mol. The van der Waals surface area contributed by atoms with Crippen LogP contribution in [0.4, 0.5) is 0 Å². The lowest BCUT2D eigenvalue weighted by Gasteiger charge is -2.15. The van der Waals surface area contributed by atoms with Crippen LogP contribution >= 0.6 is 0 Å². The zero-order chi connectivity index (χ0) is 5.40. The van der Waals surface area contributed by atoms with Gasteiger partial charge in [0.2, 0.25) is 0 Å². The number of hydrogen-bond acceptors (Lipinski definition) is 1. The molecule has 2 rings (SSSR count). The Bertz CT molecular complexity index is 182. The topological polar surface area (TPSA) is 12.9 Å². The summed E-state index contributed by atoms with van der Waals surface area (Å²) in [5.41, 5.74) is 2.74. The minimum atomic E-state index is 1.18. The van der Waals surface area contributed by atoms with Crippen LogP contribution in [-0.2, 0) is 12.8 Å². The Morgan fingerprint density at radius 2 is 2.50 bits per heavy atom. The molecule has 0 bridgehead atoms. The second kappa shape index (κ2) is 1.31. The van der Waals surface area contributed by atoms with Gasteiger partial charge in [-0.1, -0.05) is 0 Å². The van der Waals surface area contributed by atoms with Crippen molar-refractivity contribution in [1.82, 2.24) is 4.98 Å². The summed E-state index contributed by atoms with van der Waals surface area (Å²) in [6, 6.07) is 2.06. The number of aryl methyl sites for hydroxylation is 2. The Hall–Kier alpha value is -0.850. The highest BCUT2D eigenvalue weighted by molar-refractivity contribution is 5.30. The first-order valence-corrected chi connectivity index (χ1v) is 2.81. The first-order valence-electron chi connectivity index (χ1n) is 2.81. The van der Waals surface area contributed by atoms with Crippen LogP contribution < -0.4 is 0 Å². The number of fused-ring (bicyclic) bond motifs is 1. The van der Waals surface area contributed by atoms with Gasteiger partial charge in [-0.05, 0) is 30.0 Å². The number of hydrogen-bond donors (Lipinski definition) is 0. The maximum absolute atomic E-state index is 3.87. The first kappa shape index (κ1) is 4.07. The summed E-state index contributed by atoms with van der Waals surface area (Å²) in [5.74, 6) is 0. The Morgan fingerprint density at radius 3 is 2.88 bits per heavy atom. The molecule has 1 heteroatoms. The summed E-state index contributed by atoms with van der Waals surface area (Å²) in [4.78, 5) is 3.87. The van der Waals surface area contributed by atoms with Gasteiger partial charge in [-0.2, -0.15) is 0 Å². The zero-order valence-electron chi connectivity index (χ0n) is 4.52. The molecule has 1 heterocycles.